The van der Waals surface area contributed by atoms with Crippen LogP contribution in [-0.2, 0) is 0 Å². The molecule has 0 heterocycles. The van der Waals surface area contributed by atoms with Crippen molar-refractivity contribution < 1.29 is 5.11 Å². The summed E-state index contributed by atoms with van der Waals surface area (Å²) in [6, 6.07) is 2.87. The highest BCUT2D eigenvalue weighted by Gasteiger charge is 2.60. The van der Waals surface area contributed by atoms with E-state index >= 15 is 0 Å². The summed E-state index contributed by atoms with van der Waals surface area (Å²) in [5, 5.41) is 22.2. The number of halogens is 2. The van der Waals surface area contributed by atoms with Crippen LogP contribution >= 0.6 is 24.8 Å². The Morgan fingerprint density at radius 3 is 2.43 bits per heavy atom. The van der Waals surface area contributed by atoms with Crippen LogP contribution in [0.4, 0.5) is 0 Å². The highest BCUT2D eigenvalue weighted by molar-refractivity contribution is 5.85. The minimum absolute atomic E-state index is 0. The molecule has 8 atom stereocenters. The van der Waals surface area contributed by atoms with E-state index in [-0.39, 0.29) is 30.9 Å². The lowest BCUT2D eigenvalue weighted by Crippen LogP contribution is -2.56. The van der Waals surface area contributed by atoms with Crippen LogP contribution in [0.2, 0.25) is 0 Å². The molecule has 4 aliphatic rings. The van der Waals surface area contributed by atoms with Gasteiger partial charge in [0, 0.05) is 19.1 Å². The fourth-order valence-electron chi connectivity index (χ4n) is 8.49. The summed E-state index contributed by atoms with van der Waals surface area (Å²) in [4.78, 5) is 2.59. The fourth-order valence-corrected chi connectivity index (χ4v) is 8.49. The van der Waals surface area contributed by atoms with Gasteiger partial charge in [0.1, 0.15) is 0 Å². The van der Waals surface area contributed by atoms with E-state index in [1.54, 1.807) is 0 Å². The van der Waals surface area contributed by atoms with Crippen LogP contribution in [0.15, 0.2) is 0 Å². The average Bonchev–Trinajstić information content (AvgIpc) is 3.03. The van der Waals surface area contributed by atoms with E-state index in [1.807, 2.05) is 0 Å². The monoisotopic (exact) mass is 459 g/mol. The normalized spacial score (nSPS) is 44.7. The predicted molar refractivity (Wildman–Crippen MR) is 127 cm³/mol. The van der Waals surface area contributed by atoms with E-state index in [0.29, 0.717) is 23.4 Å². The average molecular weight is 461 g/mol. The molecule has 2 N–H and O–H groups in total. The maximum absolute atomic E-state index is 10.2. The van der Waals surface area contributed by atoms with Crippen molar-refractivity contribution in [1.29, 1.82) is 5.26 Å². The van der Waals surface area contributed by atoms with Gasteiger partial charge in [0.2, 0.25) is 0 Å². The van der Waals surface area contributed by atoms with Gasteiger partial charge in [0.05, 0.1) is 18.7 Å². The van der Waals surface area contributed by atoms with Gasteiger partial charge in [-0.05, 0) is 99.3 Å². The zero-order valence-corrected chi connectivity index (χ0v) is 20.7. The lowest BCUT2D eigenvalue weighted by molar-refractivity contribution is -0.128. The second-order valence-electron chi connectivity index (χ2n) is 11.0. The third-order valence-corrected chi connectivity index (χ3v) is 9.97. The number of rotatable bonds is 5. The molecule has 0 unspecified atom stereocenters. The summed E-state index contributed by atoms with van der Waals surface area (Å²) in [6.45, 7) is 7.60. The minimum Gasteiger partial charge on any atom is -0.393 e. The number of aliphatic hydroxyl groups is 1. The molecule has 4 fully saturated rings. The molecule has 30 heavy (non-hydrogen) atoms. The Balaban J connectivity index is 0.00000160. The van der Waals surface area contributed by atoms with Gasteiger partial charge in [0.25, 0.3) is 0 Å². The predicted octanol–water partition coefficient (Wildman–Crippen LogP) is 4.65. The zero-order chi connectivity index (χ0) is 19.9. The number of aliphatic hydroxyl groups excluding tert-OH is 1. The molecule has 0 aromatic rings. The summed E-state index contributed by atoms with van der Waals surface area (Å²) in [7, 11) is 2.30. The molecule has 0 bridgehead atoms. The smallest absolute Gasteiger partial charge is 0.0841 e. The van der Waals surface area contributed by atoms with Crippen LogP contribution in [-0.4, -0.2) is 48.8 Å². The van der Waals surface area contributed by atoms with Gasteiger partial charge in [0.15, 0.2) is 0 Å². The first-order valence-corrected chi connectivity index (χ1v) is 11.9. The number of hydrogen-bond donors (Lipinski definition) is 2. The summed E-state index contributed by atoms with van der Waals surface area (Å²) >= 11 is 0. The standard InChI is InChI=1S/C24H41N3O.2ClH/c1-23-10-8-18(28)16-17(23)4-5-19-20-6-7-22(24(20,2)11-9-21(19)23)27(3)15-14-26-13-12-25;;/h17-22,26,28H,4-11,13-16H2,1-3H3;2*1H/t17-,18-,19-,20-,21-,22-,23-,24-;;/m0../s1. The second kappa shape index (κ2) is 10.3. The lowest BCUT2D eigenvalue weighted by Gasteiger charge is -2.61. The molecule has 4 rings (SSSR count). The number of likely N-dealkylation sites (N-methyl/N-ethyl adjacent to an activating group) is 1. The van der Waals surface area contributed by atoms with Gasteiger partial charge in [-0.25, -0.2) is 0 Å². The molecule has 0 aliphatic heterocycles. The van der Waals surface area contributed by atoms with E-state index < -0.39 is 0 Å². The van der Waals surface area contributed by atoms with Crippen molar-refractivity contribution in [3.05, 3.63) is 0 Å². The molecule has 4 saturated carbocycles. The van der Waals surface area contributed by atoms with Gasteiger partial charge in [-0.3, -0.25) is 0 Å². The summed E-state index contributed by atoms with van der Waals surface area (Å²) in [6.07, 6.45) is 11.6. The van der Waals surface area contributed by atoms with Gasteiger partial charge in [-0.2, -0.15) is 5.26 Å². The number of nitrogens with one attached hydrogen (secondary N) is 1. The zero-order valence-electron chi connectivity index (χ0n) is 19.1. The number of hydrogen-bond acceptors (Lipinski definition) is 4. The fraction of sp³-hybridized carbons (Fsp3) is 0.958. The lowest BCUT2D eigenvalue weighted by atomic mass is 9.45. The molecule has 0 amide bonds. The Kier molecular flexibility index (Phi) is 8.96. The molecule has 4 nitrogen and oxygen atoms in total. The van der Waals surface area contributed by atoms with E-state index in [9.17, 15) is 5.11 Å². The molecule has 0 saturated heterocycles. The molecular formula is C24H43Cl2N3O. The highest BCUT2D eigenvalue weighted by atomic mass is 35.5. The first kappa shape index (κ1) is 26.2. The Morgan fingerprint density at radius 1 is 1.00 bits per heavy atom. The minimum atomic E-state index is -0.0392. The molecule has 0 aromatic carbocycles. The van der Waals surface area contributed by atoms with E-state index in [0.717, 1.165) is 49.6 Å². The third-order valence-electron chi connectivity index (χ3n) is 9.97. The van der Waals surface area contributed by atoms with Crippen LogP contribution in [0.25, 0.3) is 0 Å². The van der Waals surface area contributed by atoms with E-state index in [2.05, 4.69) is 37.2 Å². The summed E-state index contributed by atoms with van der Waals surface area (Å²) in [5.41, 5.74) is 0.942. The largest absolute Gasteiger partial charge is 0.393 e. The van der Waals surface area contributed by atoms with Crippen LogP contribution in [0.3, 0.4) is 0 Å². The summed E-state index contributed by atoms with van der Waals surface area (Å²) in [5.74, 6) is 3.44. The van der Waals surface area contributed by atoms with Crippen molar-refractivity contribution in [3.63, 3.8) is 0 Å². The van der Waals surface area contributed by atoms with Crippen molar-refractivity contribution in [2.45, 2.75) is 83.8 Å². The maximum atomic E-state index is 10.2. The molecular weight excluding hydrogens is 417 g/mol. The first-order chi connectivity index (χ1) is 13.4. The maximum Gasteiger partial charge on any atom is 0.0841 e. The van der Waals surface area contributed by atoms with E-state index in [1.165, 1.54) is 44.9 Å². The van der Waals surface area contributed by atoms with Crippen molar-refractivity contribution in [1.82, 2.24) is 10.2 Å². The van der Waals surface area contributed by atoms with Crippen molar-refractivity contribution >= 4 is 24.8 Å². The van der Waals surface area contributed by atoms with Crippen molar-refractivity contribution in [2.75, 3.05) is 26.7 Å². The Labute approximate surface area is 196 Å². The molecule has 6 heteroatoms. The number of nitrogens with zero attached hydrogens (tertiary/aromatic N) is 2. The Bertz CT molecular complexity index is 614. The van der Waals surface area contributed by atoms with Crippen LogP contribution in [0, 0.1) is 45.8 Å². The number of nitriles is 1. The quantitative estimate of drug-likeness (QED) is 0.463. The van der Waals surface area contributed by atoms with E-state index in [4.69, 9.17) is 5.26 Å². The number of fused-ring (bicyclic) bond motifs is 5. The van der Waals surface area contributed by atoms with Crippen LogP contribution < -0.4 is 5.32 Å². The topological polar surface area (TPSA) is 59.3 Å². The molecule has 4 aliphatic carbocycles. The molecule has 0 spiro atoms. The Morgan fingerprint density at radius 2 is 1.70 bits per heavy atom. The van der Waals surface area contributed by atoms with Crippen molar-refractivity contribution in [3.8, 4) is 6.07 Å². The van der Waals surface area contributed by atoms with Crippen molar-refractivity contribution in [2.24, 2.45) is 34.5 Å². The second-order valence-corrected chi connectivity index (χ2v) is 11.0. The first-order valence-electron chi connectivity index (χ1n) is 11.9. The van der Waals surface area contributed by atoms with Gasteiger partial charge in [-0.15, -0.1) is 24.8 Å². The van der Waals surface area contributed by atoms with Crippen LogP contribution in [0.1, 0.15) is 71.6 Å². The SMILES string of the molecule is CN(CCNCC#N)[C@H]1CC[C@H]2[C@@H]3CC[C@H]4C[C@@H](O)CC[C@]4(C)[C@H]3CC[C@]12C.Cl.Cl. The highest BCUT2D eigenvalue weighted by Crippen LogP contribution is 2.66. The molecule has 174 valence electrons. The van der Waals surface area contributed by atoms with Crippen LogP contribution in [0.5, 0.6) is 0 Å². The Hall–Kier alpha value is -0.0500. The van der Waals surface area contributed by atoms with Gasteiger partial charge < -0.3 is 15.3 Å². The summed E-state index contributed by atoms with van der Waals surface area (Å²) < 4.78 is 0. The molecule has 0 aromatic heterocycles. The van der Waals surface area contributed by atoms with Gasteiger partial charge in [-0.1, -0.05) is 13.8 Å². The van der Waals surface area contributed by atoms with Gasteiger partial charge >= 0.3 is 0 Å². The third kappa shape index (κ3) is 4.40. The molecule has 0 radical (unpaired) electrons.